The Kier molecular flexibility index (Phi) is 2.56. The maximum absolute atomic E-state index is 5.65. The molecule has 0 bridgehead atoms. The summed E-state index contributed by atoms with van der Waals surface area (Å²) in [5.41, 5.74) is 10.1. The molecule has 0 radical (unpaired) electrons. The number of anilines is 1. The summed E-state index contributed by atoms with van der Waals surface area (Å²) in [6.07, 6.45) is 0.721. The minimum absolute atomic E-state index is 0.611. The number of benzene rings is 1. The molecule has 3 aromatic rings. The monoisotopic (exact) mass is 258 g/mol. The summed E-state index contributed by atoms with van der Waals surface area (Å²) in [6, 6.07) is 6.19. The van der Waals surface area contributed by atoms with E-state index < -0.39 is 0 Å². The van der Waals surface area contributed by atoms with Crippen molar-refractivity contribution in [1.82, 2.24) is 14.5 Å². The van der Waals surface area contributed by atoms with Crippen molar-refractivity contribution >= 4 is 27.5 Å². The highest BCUT2D eigenvalue weighted by Crippen LogP contribution is 2.21. The van der Waals surface area contributed by atoms with Crippen LogP contribution in [0.2, 0.25) is 0 Å². The third-order valence-corrected chi connectivity index (χ3v) is 3.82. The molecule has 0 aliphatic rings. The number of para-hydroxylation sites is 1. The quantitative estimate of drug-likeness (QED) is 0.768. The summed E-state index contributed by atoms with van der Waals surface area (Å²) in [7, 11) is 2.05. The third kappa shape index (κ3) is 1.76. The van der Waals surface area contributed by atoms with E-state index >= 15 is 0 Å². The van der Waals surface area contributed by atoms with Gasteiger partial charge in [-0.25, -0.2) is 9.97 Å². The van der Waals surface area contributed by atoms with E-state index in [9.17, 15) is 0 Å². The molecule has 4 nitrogen and oxygen atoms in total. The van der Waals surface area contributed by atoms with Gasteiger partial charge in [0.25, 0.3) is 0 Å². The number of nitrogen functional groups attached to an aromatic ring is 1. The molecular weight excluding hydrogens is 244 g/mol. The lowest BCUT2D eigenvalue weighted by Gasteiger charge is -2.02. The predicted octanol–water partition coefficient (Wildman–Crippen LogP) is 2.51. The van der Waals surface area contributed by atoms with Crippen LogP contribution in [0.1, 0.15) is 17.1 Å². The number of imidazole rings is 1. The molecule has 92 valence electrons. The van der Waals surface area contributed by atoms with Crippen molar-refractivity contribution in [2.24, 2.45) is 7.05 Å². The number of hydrogen-bond acceptors (Lipinski definition) is 4. The highest BCUT2D eigenvalue weighted by molar-refractivity contribution is 7.13. The molecule has 0 atom stereocenters. The highest BCUT2D eigenvalue weighted by Gasteiger charge is 2.11. The number of thiazole rings is 1. The van der Waals surface area contributed by atoms with E-state index in [1.807, 2.05) is 24.6 Å². The van der Waals surface area contributed by atoms with Crippen LogP contribution in [0.25, 0.3) is 11.0 Å². The minimum atomic E-state index is 0.611. The summed E-state index contributed by atoms with van der Waals surface area (Å²) in [4.78, 5) is 8.95. The maximum Gasteiger partial charge on any atom is 0.180 e. The average molecular weight is 258 g/mol. The molecule has 0 aliphatic carbocycles. The van der Waals surface area contributed by atoms with Gasteiger partial charge in [-0.1, -0.05) is 12.1 Å². The van der Waals surface area contributed by atoms with Crippen LogP contribution in [0.3, 0.4) is 0 Å². The van der Waals surface area contributed by atoms with Gasteiger partial charge in [-0.05, 0) is 18.6 Å². The fourth-order valence-corrected chi connectivity index (χ4v) is 2.80. The van der Waals surface area contributed by atoms with Gasteiger partial charge in [-0.15, -0.1) is 11.3 Å². The third-order valence-electron chi connectivity index (χ3n) is 3.10. The number of nitrogens with zero attached hydrogens (tertiary/aromatic N) is 3. The molecular formula is C13H14N4S. The van der Waals surface area contributed by atoms with E-state index in [4.69, 9.17) is 5.73 Å². The minimum Gasteiger partial charge on any atom is -0.375 e. The molecule has 0 saturated heterocycles. The molecule has 0 spiro atoms. The van der Waals surface area contributed by atoms with Crippen LogP contribution in [0.4, 0.5) is 5.13 Å². The summed E-state index contributed by atoms with van der Waals surface area (Å²) in [5.74, 6) is 1.02. The van der Waals surface area contributed by atoms with E-state index in [0.717, 1.165) is 23.5 Å². The van der Waals surface area contributed by atoms with Gasteiger partial charge in [0, 0.05) is 18.8 Å². The lowest BCUT2D eigenvalue weighted by molar-refractivity contribution is 0.834. The smallest absolute Gasteiger partial charge is 0.180 e. The van der Waals surface area contributed by atoms with Crippen molar-refractivity contribution in [2.45, 2.75) is 13.3 Å². The van der Waals surface area contributed by atoms with E-state index in [0.29, 0.717) is 5.13 Å². The highest BCUT2D eigenvalue weighted by atomic mass is 32.1. The average Bonchev–Trinajstić information content (AvgIpc) is 2.86. The van der Waals surface area contributed by atoms with Gasteiger partial charge in [0.1, 0.15) is 5.82 Å². The van der Waals surface area contributed by atoms with Gasteiger partial charge in [0.05, 0.1) is 16.7 Å². The molecule has 2 heterocycles. The molecule has 0 amide bonds. The number of rotatable bonds is 2. The summed E-state index contributed by atoms with van der Waals surface area (Å²) >= 11 is 1.47. The Labute approximate surface area is 109 Å². The molecule has 5 heteroatoms. The van der Waals surface area contributed by atoms with Crippen LogP contribution in [0.15, 0.2) is 23.6 Å². The van der Waals surface area contributed by atoms with Gasteiger partial charge in [-0.3, -0.25) is 0 Å². The first kappa shape index (κ1) is 11.2. The molecule has 3 rings (SSSR count). The van der Waals surface area contributed by atoms with Crippen LogP contribution >= 0.6 is 11.3 Å². The Morgan fingerprint density at radius 1 is 1.33 bits per heavy atom. The van der Waals surface area contributed by atoms with Crippen LogP contribution in [-0.4, -0.2) is 14.5 Å². The van der Waals surface area contributed by atoms with Crippen LogP contribution in [-0.2, 0) is 13.5 Å². The first-order chi connectivity index (χ1) is 8.65. The molecule has 18 heavy (non-hydrogen) atoms. The number of fused-ring (bicyclic) bond motifs is 1. The number of hydrogen-bond donors (Lipinski definition) is 1. The Bertz CT molecular complexity index is 711. The topological polar surface area (TPSA) is 56.7 Å². The fourth-order valence-electron chi connectivity index (χ4n) is 2.24. The Hall–Kier alpha value is -1.88. The second kappa shape index (κ2) is 4.10. The summed E-state index contributed by atoms with van der Waals surface area (Å²) in [6.45, 7) is 2.11. The van der Waals surface area contributed by atoms with Gasteiger partial charge in [0.15, 0.2) is 5.13 Å². The van der Waals surface area contributed by atoms with Crippen molar-refractivity contribution in [3.05, 3.63) is 40.7 Å². The van der Waals surface area contributed by atoms with Gasteiger partial charge in [0.2, 0.25) is 0 Å². The van der Waals surface area contributed by atoms with Crippen LogP contribution in [0, 0.1) is 6.92 Å². The summed E-state index contributed by atoms with van der Waals surface area (Å²) in [5, 5.41) is 2.60. The van der Waals surface area contributed by atoms with E-state index in [2.05, 4.69) is 27.5 Å². The Balaban J connectivity index is 2.07. The molecule has 0 saturated carbocycles. The second-order valence-electron chi connectivity index (χ2n) is 4.38. The number of aryl methyl sites for hydroxylation is 2. The normalized spacial score (nSPS) is 11.2. The Morgan fingerprint density at radius 2 is 2.17 bits per heavy atom. The van der Waals surface area contributed by atoms with Crippen molar-refractivity contribution < 1.29 is 0 Å². The number of aromatic nitrogens is 3. The van der Waals surface area contributed by atoms with Crippen molar-refractivity contribution in [1.29, 1.82) is 0 Å². The van der Waals surface area contributed by atoms with E-state index in [1.165, 1.54) is 22.4 Å². The lowest BCUT2D eigenvalue weighted by atomic mass is 10.2. The van der Waals surface area contributed by atoms with E-state index in [1.54, 1.807) is 0 Å². The molecule has 1 aromatic carbocycles. The van der Waals surface area contributed by atoms with Crippen molar-refractivity contribution in [3.8, 4) is 0 Å². The standard InChI is InChI=1S/C13H14N4S/c1-8-4-3-5-10-12(8)17(2)11(16-10)6-9-7-18-13(14)15-9/h3-5,7H,6H2,1-2H3,(H2,14,15). The zero-order valence-corrected chi connectivity index (χ0v) is 11.2. The van der Waals surface area contributed by atoms with Crippen molar-refractivity contribution in [2.75, 3.05) is 5.73 Å². The molecule has 0 aliphatic heterocycles. The molecule has 0 unspecified atom stereocenters. The first-order valence-electron chi connectivity index (χ1n) is 5.76. The van der Waals surface area contributed by atoms with E-state index in [-0.39, 0.29) is 0 Å². The SMILES string of the molecule is Cc1cccc2nc(Cc3csc(N)n3)n(C)c12. The van der Waals surface area contributed by atoms with Crippen molar-refractivity contribution in [3.63, 3.8) is 0 Å². The zero-order valence-electron chi connectivity index (χ0n) is 10.3. The first-order valence-corrected chi connectivity index (χ1v) is 6.64. The largest absolute Gasteiger partial charge is 0.375 e. The van der Waals surface area contributed by atoms with Crippen LogP contribution in [0.5, 0.6) is 0 Å². The molecule has 2 aromatic heterocycles. The lowest BCUT2D eigenvalue weighted by Crippen LogP contribution is -2.00. The fraction of sp³-hybridized carbons (Fsp3) is 0.231. The maximum atomic E-state index is 5.65. The van der Waals surface area contributed by atoms with Gasteiger partial charge < -0.3 is 10.3 Å². The Morgan fingerprint density at radius 3 is 2.83 bits per heavy atom. The van der Waals surface area contributed by atoms with Gasteiger partial charge >= 0.3 is 0 Å². The van der Waals surface area contributed by atoms with Gasteiger partial charge in [-0.2, -0.15) is 0 Å². The number of nitrogens with two attached hydrogens (primary N) is 1. The predicted molar refractivity (Wildman–Crippen MR) is 74.8 cm³/mol. The summed E-state index contributed by atoms with van der Waals surface area (Å²) < 4.78 is 2.14. The zero-order chi connectivity index (χ0) is 12.7. The second-order valence-corrected chi connectivity index (χ2v) is 5.27. The van der Waals surface area contributed by atoms with Crippen LogP contribution < -0.4 is 5.73 Å². The molecule has 0 fully saturated rings. The molecule has 2 N–H and O–H groups in total.